The molecule has 21 heavy (non-hydrogen) atoms. The zero-order valence-corrected chi connectivity index (χ0v) is 12.8. The van der Waals surface area contributed by atoms with Crippen molar-refractivity contribution in [1.82, 2.24) is 14.5 Å². The molecule has 3 N–H and O–H groups in total. The minimum absolute atomic E-state index is 0.0369. The fourth-order valence-corrected chi connectivity index (χ4v) is 2.94. The number of aromatic nitrogens is 2. The monoisotopic (exact) mass is 312 g/mol. The van der Waals surface area contributed by atoms with Crippen LogP contribution in [0, 0.1) is 19.7 Å². The van der Waals surface area contributed by atoms with Crippen LogP contribution in [0.1, 0.15) is 16.8 Å². The Hall–Kier alpha value is -1.93. The van der Waals surface area contributed by atoms with Gasteiger partial charge in [-0.2, -0.15) is 5.10 Å². The summed E-state index contributed by atoms with van der Waals surface area (Å²) in [5.74, 6) is -0.822. The van der Waals surface area contributed by atoms with Crippen molar-refractivity contribution in [3.8, 4) is 0 Å². The van der Waals surface area contributed by atoms with Crippen molar-refractivity contribution in [2.24, 2.45) is 7.05 Å². The fraction of sp³-hybridized carbons (Fsp3) is 0.308. The molecule has 114 valence electrons. The average molecular weight is 312 g/mol. The normalized spacial score (nSPS) is 11.8. The molecule has 0 aliphatic heterocycles. The number of nitrogens with one attached hydrogen (secondary N) is 1. The van der Waals surface area contributed by atoms with Crippen molar-refractivity contribution in [2.75, 3.05) is 5.73 Å². The summed E-state index contributed by atoms with van der Waals surface area (Å²) in [6.07, 6.45) is 1.57. The van der Waals surface area contributed by atoms with Gasteiger partial charge in [-0.3, -0.25) is 4.68 Å². The van der Waals surface area contributed by atoms with Gasteiger partial charge in [0.2, 0.25) is 10.0 Å². The van der Waals surface area contributed by atoms with E-state index in [0.717, 1.165) is 23.4 Å². The van der Waals surface area contributed by atoms with Crippen LogP contribution in [0.4, 0.5) is 10.1 Å². The van der Waals surface area contributed by atoms with Crippen LogP contribution in [0.25, 0.3) is 0 Å². The number of hydrogen-bond donors (Lipinski definition) is 2. The summed E-state index contributed by atoms with van der Waals surface area (Å²) in [6, 6.07) is 2.24. The lowest BCUT2D eigenvalue weighted by Crippen LogP contribution is -2.24. The van der Waals surface area contributed by atoms with E-state index in [-0.39, 0.29) is 12.2 Å². The van der Waals surface area contributed by atoms with Crippen molar-refractivity contribution >= 4 is 15.7 Å². The number of benzene rings is 1. The molecule has 2 rings (SSSR count). The van der Waals surface area contributed by atoms with E-state index in [1.165, 1.54) is 0 Å². The van der Waals surface area contributed by atoms with Crippen LogP contribution in [0.2, 0.25) is 0 Å². The number of rotatable bonds is 4. The zero-order chi connectivity index (χ0) is 15.8. The lowest BCUT2D eigenvalue weighted by atomic mass is 10.2. The summed E-state index contributed by atoms with van der Waals surface area (Å²) in [7, 11) is -2.22. The molecule has 1 aromatic heterocycles. The molecule has 0 fully saturated rings. The Kier molecular flexibility index (Phi) is 4.02. The van der Waals surface area contributed by atoms with Gasteiger partial charge in [-0.05, 0) is 31.5 Å². The fourth-order valence-electron chi connectivity index (χ4n) is 1.84. The van der Waals surface area contributed by atoms with Crippen molar-refractivity contribution < 1.29 is 12.8 Å². The van der Waals surface area contributed by atoms with Gasteiger partial charge >= 0.3 is 0 Å². The predicted molar refractivity (Wildman–Crippen MR) is 77.5 cm³/mol. The second-order valence-electron chi connectivity index (χ2n) is 4.84. The first-order valence-corrected chi connectivity index (χ1v) is 7.73. The van der Waals surface area contributed by atoms with E-state index in [1.54, 1.807) is 24.9 Å². The van der Waals surface area contributed by atoms with Gasteiger partial charge in [0.25, 0.3) is 0 Å². The summed E-state index contributed by atoms with van der Waals surface area (Å²) >= 11 is 0. The van der Waals surface area contributed by atoms with E-state index >= 15 is 0 Å². The first kappa shape index (κ1) is 15.5. The highest BCUT2D eigenvalue weighted by Gasteiger charge is 2.20. The van der Waals surface area contributed by atoms with Gasteiger partial charge in [0.1, 0.15) is 10.7 Å². The Bertz CT molecular complexity index is 784. The highest BCUT2D eigenvalue weighted by atomic mass is 32.2. The van der Waals surface area contributed by atoms with Gasteiger partial charge in [-0.25, -0.2) is 17.5 Å². The third kappa shape index (κ3) is 3.06. The van der Waals surface area contributed by atoms with E-state index in [1.807, 2.05) is 6.92 Å². The van der Waals surface area contributed by atoms with Crippen LogP contribution >= 0.6 is 0 Å². The number of aryl methyl sites for hydroxylation is 2. The van der Waals surface area contributed by atoms with Crippen LogP contribution < -0.4 is 10.5 Å². The van der Waals surface area contributed by atoms with Gasteiger partial charge in [-0.1, -0.05) is 0 Å². The molecule has 0 spiro atoms. The van der Waals surface area contributed by atoms with Crippen molar-refractivity contribution in [1.29, 1.82) is 0 Å². The van der Waals surface area contributed by atoms with Gasteiger partial charge in [-0.15, -0.1) is 0 Å². The standard InChI is InChI=1S/C13H17FN4O2S/c1-8-4-11(14)13(5-12(8)15)21(19,20)17-7-10-6-16-18(3)9(10)2/h4-6,17H,7,15H2,1-3H3. The molecule has 0 unspecified atom stereocenters. The van der Waals surface area contributed by atoms with Crippen LogP contribution in [0.3, 0.4) is 0 Å². The Morgan fingerprint density at radius 3 is 2.62 bits per heavy atom. The summed E-state index contributed by atoms with van der Waals surface area (Å²) < 4.78 is 42.2. The van der Waals surface area contributed by atoms with Crippen LogP contribution in [-0.4, -0.2) is 18.2 Å². The first-order valence-electron chi connectivity index (χ1n) is 6.25. The molecule has 0 radical (unpaired) electrons. The molecule has 1 heterocycles. The number of halogens is 1. The number of hydrogen-bond acceptors (Lipinski definition) is 4. The maximum absolute atomic E-state index is 13.8. The van der Waals surface area contributed by atoms with Crippen LogP contribution in [0.5, 0.6) is 0 Å². The summed E-state index contributed by atoms with van der Waals surface area (Å²) in [5, 5.41) is 4.02. The summed E-state index contributed by atoms with van der Waals surface area (Å²) in [5.41, 5.74) is 7.93. The molecule has 0 aliphatic rings. The molecular formula is C13H17FN4O2S. The lowest BCUT2D eigenvalue weighted by molar-refractivity contribution is 0.556. The molecule has 8 heteroatoms. The Morgan fingerprint density at radius 2 is 2.05 bits per heavy atom. The minimum Gasteiger partial charge on any atom is -0.398 e. The Balaban J connectivity index is 2.27. The van der Waals surface area contributed by atoms with E-state index in [0.29, 0.717) is 5.56 Å². The van der Waals surface area contributed by atoms with Gasteiger partial charge in [0.05, 0.1) is 6.20 Å². The third-order valence-corrected chi connectivity index (χ3v) is 4.82. The van der Waals surface area contributed by atoms with E-state index in [9.17, 15) is 12.8 Å². The van der Waals surface area contributed by atoms with Crippen LogP contribution in [0.15, 0.2) is 23.2 Å². The topological polar surface area (TPSA) is 90.0 Å². The van der Waals surface area contributed by atoms with E-state index in [2.05, 4.69) is 9.82 Å². The molecule has 0 bridgehead atoms. The molecule has 6 nitrogen and oxygen atoms in total. The molecule has 0 atom stereocenters. The number of nitrogens with zero attached hydrogens (tertiary/aromatic N) is 2. The van der Waals surface area contributed by atoms with E-state index in [4.69, 9.17) is 5.73 Å². The predicted octanol–water partition coefficient (Wildman–Crippen LogP) is 1.24. The van der Waals surface area contributed by atoms with Crippen molar-refractivity contribution in [3.63, 3.8) is 0 Å². The van der Waals surface area contributed by atoms with Gasteiger partial charge in [0.15, 0.2) is 0 Å². The number of anilines is 1. The Morgan fingerprint density at radius 1 is 1.38 bits per heavy atom. The average Bonchev–Trinajstić information content (AvgIpc) is 2.72. The molecule has 2 aromatic rings. The zero-order valence-electron chi connectivity index (χ0n) is 12.0. The maximum atomic E-state index is 13.8. The highest BCUT2D eigenvalue weighted by Crippen LogP contribution is 2.21. The van der Waals surface area contributed by atoms with Gasteiger partial charge < -0.3 is 5.73 Å². The molecule has 0 saturated heterocycles. The highest BCUT2D eigenvalue weighted by molar-refractivity contribution is 7.89. The van der Waals surface area contributed by atoms with Crippen molar-refractivity contribution in [2.45, 2.75) is 25.3 Å². The first-order chi connectivity index (χ1) is 9.72. The van der Waals surface area contributed by atoms with Crippen LogP contribution in [-0.2, 0) is 23.6 Å². The largest absolute Gasteiger partial charge is 0.398 e. The maximum Gasteiger partial charge on any atom is 0.243 e. The Labute approximate surface area is 122 Å². The molecule has 0 aliphatic carbocycles. The quantitative estimate of drug-likeness (QED) is 0.831. The van der Waals surface area contributed by atoms with Crippen molar-refractivity contribution in [3.05, 3.63) is 41.0 Å². The number of sulfonamides is 1. The second-order valence-corrected chi connectivity index (χ2v) is 6.58. The summed E-state index contributed by atoms with van der Waals surface area (Å²) in [6.45, 7) is 3.47. The van der Waals surface area contributed by atoms with Gasteiger partial charge in [0, 0.05) is 30.5 Å². The van der Waals surface area contributed by atoms with E-state index < -0.39 is 20.7 Å². The molecular weight excluding hydrogens is 295 g/mol. The lowest BCUT2D eigenvalue weighted by Gasteiger charge is -2.09. The SMILES string of the molecule is Cc1cc(F)c(S(=O)(=O)NCc2cnn(C)c2C)cc1N. The minimum atomic E-state index is -3.98. The smallest absolute Gasteiger partial charge is 0.243 e. The molecule has 0 saturated carbocycles. The summed E-state index contributed by atoms with van der Waals surface area (Å²) in [4.78, 5) is -0.452. The third-order valence-electron chi connectivity index (χ3n) is 3.40. The molecule has 1 aromatic carbocycles. The number of nitrogens with two attached hydrogens (primary N) is 1. The molecule has 0 amide bonds. The number of nitrogen functional groups attached to an aromatic ring is 1. The second kappa shape index (κ2) is 5.45.